The topological polar surface area (TPSA) is 57.9 Å². The van der Waals surface area contributed by atoms with Crippen LogP contribution in [0.4, 0.5) is 0 Å². The minimum Gasteiger partial charge on any atom is -0.472 e. The first-order valence-electron chi connectivity index (χ1n) is 5.78. The highest BCUT2D eigenvalue weighted by Gasteiger charge is 2.53. The van der Waals surface area contributed by atoms with Crippen molar-refractivity contribution in [3.63, 3.8) is 0 Å². The fourth-order valence-corrected chi connectivity index (χ4v) is 1.74. The maximum Gasteiger partial charge on any atom is 0.499 e. The summed E-state index contributed by atoms with van der Waals surface area (Å²) in [6.45, 7) is 7.80. The summed E-state index contributed by atoms with van der Waals surface area (Å²) in [5.41, 5.74) is -0.0264. The van der Waals surface area contributed by atoms with Crippen molar-refractivity contribution in [2.24, 2.45) is 0 Å². The predicted molar refractivity (Wildman–Crippen MR) is 65.8 cm³/mol. The van der Waals surface area contributed by atoms with Gasteiger partial charge < -0.3 is 18.5 Å². The SMILES string of the molecule is COC(=O)c1cocc1B1OC(C)(C)C(C)(C)O1. The first-order chi connectivity index (χ1) is 8.28. The zero-order valence-corrected chi connectivity index (χ0v) is 11.3. The van der Waals surface area contributed by atoms with Crippen LogP contribution in [0.2, 0.25) is 0 Å². The van der Waals surface area contributed by atoms with E-state index in [-0.39, 0.29) is 0 Å². The highest BCUT2D eigenvalue weighted by molar-refractivity contribution is 6.63. The van der Waals surface area contributed by atoms with Crippen molar-refractivity contribution in [2.45, 2.75) is 38.9 Å². The summed E-state index contributed by atoms with van der Waals surface area (Å²) in [4.78, 5) is 11.6. The van der Waals surface area contributed by atoms with Gasteiger partial charge >= 0.3 is 13.1 Å². The number of hydrogen-bond donors (Lipinski definition) is 0. The number of carbonyl (C=O) groups is 1. The van der Waals surface area contributed by atoms with Crippen LogP contribution in [0.15, 0.2) is 16.9 Å². The molecule has 1 saturated heterocycles. The molecule has 1 fully saturated rings. The number of ether oxygens (including phenoxy) is 1. The van der Waals surface area contributed by atoms with Crippen LogP contribution in [0.3, 0.4) is 0 Å². The van der Waals surface area contributed by atoms with E-state index in [9.17, 15) is 4.79 Å². The van der Waals surface area contributed by atoms with Crippen molar-refractivity contribution in [3.8, 4) is 0 Å². The van der Waals surface area contributed by atoms with Crippen molar-refractivity contribution in [3.05, 3.63) is 18.1 Å². The van der Waals surface area contributed by atoms with Gasteiger partial charge in [-0.15, -0.1) is 0 Å². The molecule has 1 aromatic heterocycles. The number of rotatable bonds is 2. The molecule has 0 radical (unpaired) electrons. The van der Waals surface area contributed by atoms with E-state index in [0.717, 1.165) is 0 Å². The molecule has 0 spiro atoms. The van der Waals surface area contributed by atoms with Crippen LogP contribution in [0.5, 0.6) is 0 Å². The molecule has 18 heavy (non-hydrogen) atoms. The molecule has 0 atom stereocenters. The molecular weight excluding hydrogens is 235 g/mol. The third kappa shape index (κ3) is 1.95. The van der Waals surface area contributed by atoms with Gasteiger partial charge in [0, 0.05) is 5.46 Å². The van der Waals surface area contributed by atoms with Crippen LogP contribution in [0.1, 0.15) is 38.1 Å². The number of methoxy groups -OCH3 is 1. The molecular formula is C12H17BO5. The van der Waals surface area contributed by atoms with Gasteiger partial charge in [0.05, 0.1) is 30.1 Å². The molecule has 0 aromatic carbocycles. The highest BCUT2D eigenvalue weighted by atomic mass is 16.7. The van der Waals surface area contributed by atoms with Gasteiger partial charge in [-0.25, -0.2) is 4.79 Å². The summed E-state index contributed by atoms with van der Waals surface area (Å²) < 4.78 is 21.5. The lowest BCUT2D eigenvalue weighted by molar-refractivity contribution is 0.00578. The van der Waals surface area contributed by atoms with Crippen LogP contribution < -0.4 is 5.46 Å². The second kappa shape index (κ2) is 4.14. The summed E-state index contributed by atoms with van der Waals surface area (Å²) in [7, 11) is 0.700. The molecule has 98 valence electrons. The van der Waals surface area contributed by atoms with E-state index in [4.69, 9.17) is 13.7 Å². The zero-order valence-electron chi connectivity index (χ0n) is 11.3. The monoisotopic (exact) mass is 252 g/mol. The lowest BCUT2D eigenvalue weighted by atomic mass is 9.78. The minimum atomic E-state index is -0.622. The average molecular weight is 252 g/mol. The molecule has 2 rings (SSSR count). The van der Waals surface area contributed by atoms with Gasteiger partial charge in [0.15, 0.2) is 0 Å². The van der Waals surface area contributed by atoms with Crippen LogP contribution in [-0.2, 0) is 14.0 Å². The zero-order chi connectivity index (χ0) is 13.6. The lowest BCUT2D eigenvalue weighted by Crippen LogP contribution is -2.41. The Morgan fingerprint density at radius 1 is 1.17 bits per heavy atom. The molecule has 0 saturated carbocycles. The van der Waals surface area contributed by atoms with E-state index in [1.807, 2.05) is 27.7 Å². The Kier molecular flexibility index (Phi) is 3.03. The van der Waals surface area contributed by atoms with Gasteiger partial charge in [-0.1, -0.05) is 0 Å². The molecule has 0 amide bonds. The molecule has 1 aromatic rings. The van der Waals surface area contributed by atoms with E-state index < -0.39 is 24.3 Å². The first-order valence-corrected chi connectivity index (χ1v) is 5.78. The molecule has 1 aliphatic rings. The van der Waals surface area contributed by atoms with Crippen LogP contribution in [0, 0.1) is 0 Å². The van der Waals surface area contributed by atoms with Crippen molar-refractivity contribution in [2.75, 3.05) is 7.11 Å². The number of furan rings is 1. The summed E-state index contributed by atoms with van der Waals surface area (Å²) in [5.74, 6) is -0.464. The third-order valence-electron chi connectivity index (χ3n) is 3.60. The molecule has 0 N–H and O–H groups in total. The Hall–Kier alpha value is -1.27. The predicted octanol–water partition coefficient (Wildman–Crippen LogP) is 1.37. The minimum absolute atomic E-state index is 0.330. The van der Waals surface area contributed by atoms with E-state index in [0.29, 0.717) is 11.0 Å². The summed E-state index contributed by atoms with van der Waals surface area (Å²) in [5, 5.41) is 0. The molecule has 6 heteroatoms. The van der Waals surface area contributed by atoms with Gasteiger partial charge in [-0.3, -0.25) is 0 Å². The number of esters is 1. The van der Waals surface area contributed by atoms with E-state index in [2.05, 4.69) is 4.74 Å². The normalized spacial score (nSPS) is 21.1. The number of carbonyl (C=O) groups excluding carboxylic acids is 1. The second-order valence-electron chi connectivity index (χ2n) is 5.32. The summed E-state index contributed by atoms with van der Waals surface area (Å²) >= 11 is 0. The Labute approximate surface area is 107 Å². The summed E-state index contributed by atoms with van der Waals surface area (Å²) in [6.07, 6.45) is 2.79. The third-order valence-corrected chi connectivity index (χ3v) is 3.60. The lowest BCUT2D eigenvalue weighted by Gasteiger charge is -2.32. The smallest absolute Gasteiger partial charge is 0.472 e. The highest BCUT2D eigenvalue weighted by Crippen LogP contribution is 2.36. The standard InChI is InChI=1S/C12H17BO5/c1-11(2)12(3,4)18-13(17-11)9-7-16-6-8(9)10(14)15-5/h6-7H,1-5H3. The van der Waals surface area contributed by atoms with Crippen molar-refractivity contribution in [1.29, 1.82) is 0 Å². The Balaban J connectivity index is 2.30. The van der Waals surface area contributed by atoms with Crippen LogP contribution in [-0.4, -0.2) is 31.4 Å². The average Bonchev–Trinajstić information content (AvgIpc) is 2.81. The van der Waals surface area contributed by atoms with Gasteiger partial charge in [0.2, 0.25) is 0 Å². The van der Waals surface area contributed by atoms with Gasteiger partial charge in [0.25, 0.3) is 0 Å². The Morgan fingerprint density at radius 2 is 1.72 bits per heavy atom. The molecule has 0 aliphatic carbocycles. The second-order valence-corrected chi connectivity index (χ2v) is 5.32. The maximum absolute atomic E-state index is 11.6. The van der Waals surface area contributed by atoms with E-state index in [1.54, 1.807) is 0 Å². The maximum atomic E-state index is 11.6. The van der Waals surface area contributed by atoms with Gasteiger partial charge in [0.1, 0.15) is 6.26 Å². The Morgan fingerprint density at radius 3 is 2.22 bits per heavy atom. The first kappa shape index (κ1) is 13.2. The molecule has 0 bridgehead atoms. The van der Waals surface area contributed by atoms with Crippen LogP contribution in [0.25, 0.3) is 0 Å². The fraction of sp³-hybridized carbons (Fsp3) is 0.583. The molecule has 5 nitrogen and oxygen atoms in total. The summed E-state index contributed by atoms with van der Waals surface area (Å²) in [6, 6.07) is 0. The molecule has 1 aliphatic heterocycles. The molecule has 2 heterocycles. The fourth-order valence-electron chi connectivity index (χ4n) is 1.74. The number of hydrogen-bond acceptors (Lipinski definition) is 5. The van der Waals surface area contributed by atoms with E-state index in [1.165, 1.54) is 19.6 Å². The van der Waals surface area contributed by atoms with Crippen molar-refractivity contribution in [1.82, 2.24) is 0 Å². The van der Waals surface area contributed by atoms with Crippen LogP contribution >= 0.6 is 0 Å². The molecule has 0 unspecified atom stereocenters. The largest absolute Gasteiger partial charge is 0.499 e. The van der Waals surface area contributed by atoms with Gasteiger partial charge in [-0.2, -0.15) is 0 Å². The quantitative estimate of drug-likeness (QED) is 0.587. The van der Waals surface area contributed by atoms with Crippen molar-refractivity contribution >= 4 is 18.6 Å². The van der Waals surface area contributed by atoms with Crippen molar-refractivity contribution < 1.29 is 23.3 Å². The van der Waals surface area contributed by atoms with Gasteiger partial charge in [-0.05, 0) is 27.7 Å². The van der Waals surface area contributed by atoms with E-state index >= 15 is 0 Å². The Bertz CT molecular complexity index is 447.